The number of halogens is 1. The fourth-order valence-corrected chi connectivity index (χ4v) is 3.03. The Balaban J connectivity index is 2.02. The smallest absolute Gasteiger partial charge is 0.216 e. The average molecular weight is 327 g/mol. The van der Waals surface area contributed by atoms with Crippen LogP contribution in [0.25, 0.3) is 0 Å². The lowest BCUT2D eigenvalue weighted by molar-refractivity contribution is 0.280. The zero-order valence-electron chi connectivity index (χ0n) is 11.2. The summed E-state index contributed by atoms with van der Waals surface area (Å²) in [5.41, 5.74) is 2.01. The minimum absolute atomic E-state index is 0.126. The normalized spacial score (nSPS) is 11.5. The van der Waals surface area contributed by atoms with E-state index >= 15 is 0 Å². The van der Waals surface area contributed by atoms with Crippen LogP contribution in [-0.4, -0.2) is 18.5 Å². The summed E-state index contributed by atoms with van der Waals surface area (Å²) in [6.07, 6.45) is 1.43. The second kappa shape index (κ2) is 7.00. The van der Waals surface area contributed by atoms with Gasteiger partial charge in [0.1, 0.15) is 5.15 Å². The molecule has 0 aliphatic carbocycles. The number of nitrogens with zero attached hydrogens (tertiary/aromatic N) is 1. The molecule has 0 saturated heterocycles. The van der Waals surface area contributed by atoms with Gasteiger partial charge in [-0.25, -0.2) is 18.1 Å². The molecule has 5 nitrogen and oxygen atoms in total. The first-order valence-corrected chi connectivity index (χ1v) is 8.28. The highest BCUT2D eigenvalue weighted by atomic mass is 35.5. The molecule has 0 aliphatic rings. The first-order chi connectivity index (χ1) is 10.00. The molecule has 0 saturated carbocycles. The van der Waals surface area contributed by atoms with Crippen molar-refractivity contribution in [2.45, 2.75) is 18.9 Å². The molecular weight excluding hydrogens is 312 g/mol. The first-order valence-electron chi connectivity index (χ1n) is 6.25. The van der Waals surface area contributed by atoms with Gasteiger partial charge in [-0.3, -0.25) is 0 Å². The fraction of sp³-hybridized carbons (Fsp3) is 0.214. The van der Waals surface area contributed by atoms with E-state index in [0.29, 0.717) is 16.3 Å². The Labute approximate surface area is 128 Å². The lowest BCUT2D eigenvalue weighted by atomic mass is 10.1. The minimum atomic E-state index is -3.49. The van der Waals surface area contributed by atoms with Gasteiger partial charge in [0.2, 0.25) is 10.0 Å². The third-order valence-electron chi connectivity index (χ3n) is 2.92. The highest BCUT2D eigenvalue weighted by Gasteiger charge is 2.12. The van der Waals surface area contributed by atoms with Gasteiger partial charge in [0.15, 0.2) is 0 Å². The van der Waals surface area contributed by atoms with Crippen molar-refractivity contribution in [2.75, 3.05) is 0 Å². The summed E-state index contributed by atoms with van der Waals surface area (Å²) < 4.78 is 26.6. The van der Waals surface area contributed by atoms with Crippen LogP contribution in [0.4, 0.5) is 0 Å². The lowest BCUT2D eigenvalue weighted by Gasteiger charge is -2.09. The molecule has 0 fully saturated rings. The maximum absolute atomic E-state index is 12.0. The van der Waals surface area contributed by atoms with Gasteiger partial charge in [-0.1, -0.05) is 41.9 Å². The number of nitrogens with one attached hydrogen (secondary N) is 1. The van der Waals surface area contributed by atoms with Crippen LogP contribution in [0.2, 0.25) is 5.15 Å². The van der Waals surface area contributed by atoms with Crippen LogP contribution in [-0.2, 0) is 28.9 Å². The van der Waals surface area contributed by atoms with Crippen molar-refractivity contribution in [3.8, 4) is 0 Å². The van der Waals surface area contributed by atoms with Crippen molar-refractivity contribution in [1.82, 2.24) is 9.71 Å². The van der Waals surface area contributed by atoms with E-state index in [4.69, 9.17) is 11.6 Å². The third kappa shape index (κ3) is 4.78. The zero-order valence-corrected chi connectivity index (χ0v) is 12.7. The summed E-state index contributed by atoms with van der Waals surface area (Å²) in [5.74, 6) is -0.168. The van der Waals surface area contributed by atoms with Gasteiger partial charge >= 0.3 is 0 Å². The number of aliphatic hydroxyl groups is 1. The number of hydrogen-bond acceptors (Lipinski definition) is 4. The van der Waals surface area contributed by atoms with E-state index in [2.05, 4.69) is 9.71 Å². The predicted molar refractivity (Wildman–Crippen MR) is 81.1 cm³/mol. The van der Waals surface area contributed by atoms with E-state index in [9.17, 15) is 13.5 Å². The fourth-order valence-electron chi connectivity index (χ4n) is 1.83. The van der Waals surface area contributed by atoms with Gasteiger partial charge in [0.25, 0.3) is 0 Å². The van der Waals surface area contributed by atoms with Gasteiger partial charge in [0, 0.05) is 12.7 Å². The number of aliphatic hydroxyl groups excluding tert-OH is 1. The molecule has 1 aromatic heterocycles. The van der Waals surface area contributed by atoms with Gasteiger partial charge in [-0.15, -0.1) is 0 Å². The molecule has 0 radical (unpaired) electrons. The second-order valence-corrected chi connectivity index (χ2v) is 6.69. The van der Waals surface area contributed by atoms with Crippen molar-refractivity contribution >= 4 is 21.6 Å². The summed E-state index contributed by atoms with van der Waals surface area (Å²) in [4.78, 5) is 3.85. The Morgan fingerprint density at radius 1 is 1.14 bits per heavy atom. The van der Waals surface area contributed by atoms with Crippen molar-refractivity contribution in [1.29, 1.82) is 0 Å². The van der Waals surface area contributed by atoms with Crippen LogP contribution < -0.4 is 4.72 Å². The molecule has 2 rings (SSSR count). The first kappa shape index (κ1) is 15.9. The van der Waals surface area contributed by atoms with Crippen molar-refractivity contribution < 1.29 is 13.5 Å². The van der Waals surface area contributed by atoms with Gasteiger partial charge in [-0.2, -0.15) is 0 Å². The SMILES string of the molecule is O=S(=O)(Cc1ccc(Cl)nc1)NCc1ccccc1CO. The van der Waals surface area contributed by atoms with E-state index < -0.39 is 10.0 Å². The molecule has 2 aromatic rings. The van der Waals surface area contributed by atoms with Crippen LogP contribution >= 0.6 is 11.6 Å². The van der Waals surface area contributed by atoms with Crippen LogP contribution in [0.1, 0.15) is 16.7 Å². The lowest BCUT2D eigenvalue weighted by Crippen LogP contribution is -2.25. The molecule has 0 unspecified atom stereocenters. The topological polar surface area (TPSA) is 79.3 Å². The number of aromatic nitrogens is 1. The molecule has 1 heterocycles. The Bertz CT molecular complexity index is 702. The highest BCUT2D eigenvalue weighted by molar-refractivity contribution is 7.88. The second-order valence-electron chi connectivity index (χ2n) is 4.50. The third-order valence-corrected chi connectivity index (χ3v) is 4.44. The number of rotatable bonds is 6. The average Bonchev–Trinajstić information content (AvgIpc) is 2.48. The van der Waals surface area contributed by atoms with Gasteiger partial charge in [-0.05, 0) is 22.8 Å². The molecule has 0 atom stereocenters. The van der Waals surface area contributed by atoms with E-state index in [-0.39, 0.29) is 18.9 Å². The van der Waals surface area contributed by atoms with Crippen molar-refractivity contribution in [2.24, 2.45) is 0 Å². The summed E-state index contributed by atoms with van der Waals surface area (Å²) in [5, 5.41) is 9.53. The molecule has 7 heteroatoms. The predicted octanol–water partition coefficient (Wildman–Crippen LogP) is 1.85. The standard InChI is InChI=1S/C14H15ClN2O3S/c15-14-6-5-11(7-16-14)10-21(19,20)17-8-12-3-1-2-4-13(12)9-18/h1-7,17-18H,8-10H2. The Morgan fingerprint density at radius 2 is 1.86 bits per heavy atom. The maximum atomic E-state index is 12.0. The molecule has 0 bridgehead atoms. The maximum Gasteiger partial charge on any atom is 0.216 e. The molecule has 21 heavy (non-hydrogen) atoms. The summed E-state index contributed by atoms with van der Waals surface area (Å²) in [7, 11) is -3.49. The molecule has 2 N–H and O–H groups in total. The Morgan fingerprint density at radius 3 is 2.48 bits per heavy atom. The van der Waals surface area contributed by atoms with Gasteiger partial charge in [0.05, 0.1) is 12.4 Å². The van der Waals surface area contributed by atoms with Crippen LogP contribution in [0.5, 0.6) is 0 Å². The number of sulfonamides is 1. The van der Waals surface area contributed by atoms with Gasteiger partial charge < -0.3 is 5.11 Å². The van der Waals surface area contributed by atoms with Crippen LogP contribution in [0.3, 0.4) is 0 Å². The molecule has 1 aromatic carbocycles. The summed E-state index contributed by atoms with van der Waals surface area (Å²) in [6.45, 7) is 0.0130. The highest BCUT2D eigenvalue weighted by Crippen LogP contribution is 2.11. The number of benzene rings is 1. The van der Waals surface area contributed by atoms with Crippen molar-refractivity contribution in [3.63, 3.8) is 0 Å². The van der Waals surface area contributed by atoms with Crippen molar-refractivity contribution in [3.05, 3.63) is 64.4 Å². The summed E-state index contributed by atoms with van der Waals surface area (Å²) >= 11 is 5.66. The van der Waals surface area contributed by atoms with Crippen LogP contribution in [0.15, 0.2) is 42.6 Å². The molecular formula is C14H15ClN2O3S. The number of pyridine rings is 1. The number of hydrogen-bond donors (Lipinski definition) is 2. The quantitative estimate of drug-likeness (QED) is 0.794. The largest absolute Gasteiger partial charge is 0.392 e. The van der Waals surface area contributed by atoms with Crippen LogP contribution in [0, 0.1) is 0 Å². The monoisotopic (exact) mass is 326 g/mol. The molecule has 0 spiro atoms. The Kier molecular flexibility index (Phi) is 5.30. The van der Waals surface area contributed by atoms with E-state index in [1.807, 2.05) is 0 Å². The summed E-state index contributed by atoms with van der Waals surface area (Å²) in [6, 6.07) is 10.3. The van der Waals surface area contributed by atoms with E-state index in [1.54, 1.807) is 36.4 Å². The molecule has 0 amide bonds. The zero-order chi connectivity index (χ0) is 15.3. The Hall–Kier alpha value is -1.47. The minimum Gasteiger partial charge on any atom is -0.392 e. The molecule has 112 valence electrons. The van der Waals surface area contributed by atoms with E-state index in [1.165, 1.54) is 6.20 Å². The molecule has 0 aliphatic heterocycles. The van der Waals surface area contributed by atoms with E-state index in [0.717, 1.165) is 5.56 Å².